The van der Waals surface area contributed by atoms with Gasteiger partial charge in [0.1, 0.15) is 0 Å². The molecular formula is C15H15N3O7S. The number of nitrogens with one attached hydrogen (secondary N) is 1. The molecule has 0 radical (unpaired) electrons. The molecule has 0 spiro atoms. The van der Waals surface area contributed by atoms with Gasteiger partial charge in [0.25, 0.3) is 21.4 Å². The summed E-state index contributed by atoms with van der Waals surface area (Å²) in [7, 11) is -4.13. The van der Waals surface area contributed by atoms with E-state index in [1.54, 1.807) is 19.1 Å². The SMILES string of the molecule is Cc1ccc(S(=O)(=O)Nc2cc([N+](=O)[O-])cc([N+](=O)[O-])c2CCO)cc1. The Hall–Kier alpha value is -3.05. The zero-order valence-electron chi connectivity index (χ0n) is 13.6. The number of hydrogen-bond acceptors (Lipinski definition) is 7. The van der Waals surface area contributed by atoms with Crippen LogP contribution >= 0.6 is 0 Å². The van der Waals surface area contributed by atoms with Gasteiger partial charge in [-0.1, -0.05) is 17.7 Å². The first-order chi connectivity index (χ1) is 12.2. The molecule has 0 aliphatic carbocycles. The van der Waals surface area contributed by atoms with E-state index in [-0.39, 0.29) is 22.6 Å². The summed E-state index contributed by atoms with van der Waals surface area (Å²) in [5.41, 5.74) is -0.912. The van der Waals surface area contributed by atoms with E-state index in [0.717, 1.165) is 17.7 Å². The third-order valence-corrected chi connectivity index (χ3v) is 4.94. The average Bonchev–Trinajstić information content (AvgIpc) is 2.56. The molecule has 138 valence electrons. The summed E-state index contributed by atoms with van der Waals surface area (Å²) in [5, 5.41) is 31.4. The molecule has 11 heteroatoms. The van der Waals surface area contributed by atoms with Crippen molar-refractivity contribution >= 4 is 27.1 Å². The maximum Gasteiger partial charge on any atom is 0.281 e. The van der Waals surface area contributed by atoms with Gasteiger partial charge in [0, 0.05) is 19.1 Å². The van der Waals surface area contributed by atoms with Crippen LogP contribution in [0.1, 0.15) is 11.1 Å². The van der Waals surface area contributed by atoms with E-state index in [1.807, 2.05) is 0 Å². The first-order valence-corrected chi connectivity index (χ1v) is 8.80. The van der Waals surface area contributed by atoms with Gasteiger partial charge in [-0.2, -0.15) is 0 Å². The Morgan fingerprint density at radius 1 is 1.08 bits per heavy atom. The highest BCUT2D eigenvalue weighted by Crippen LogP contribution is 2.34. The molecule has 0 heterocycles. The maximum absolute atomic E-state index is 12.5. The number of aliphatic hydroxyl groups excluding tert-OH is 1. The van der Waals surface area contributed by atoms with E-state index < -0.39 is 37.9 Å². The molecule has 0 amide bonds. The summed E-state index contributed by atoms with van der Waals surface area (Å²) in [4.78, 5) is 20.4. The van der Waals surface area contributed by atoms with Crippen LogP contribution in [0.2, 0.25) is 0 Å². The van der Waals surface area contributed by atoms with Crippen molar-refractivity contribution in [1.29, 1.82) is 0 Å². The topological polar surface area (TPSA) is 153 Å². The van der Waals surface area contributed by atoms with Gasteiger partial charge in [-0.3, -0.25) is 25.0 Å². The van der Waals surface area contributed by atoms with Crippen molar-refractivity contribution in [2.24, 2.45) is 0 Å². The Morgan fingerprint density at radius 2 is 1.69 bits per heavy atom. The molecule has 0 atom stereocenters. The van der Waals surface area contributed by atoms with Crippen molar-refractivity contribution in [2.75, 3.05) is 11.3 Å². The Kier molecular flexibility index (Phi) is 5.53. The maximum atomic E-state index is 12.5. The number of sulfonamides is 1. The fourth-order valence-corrected chi connectivity index (χ4v) is 3.38. The summed E-state index contributed by atoms with van der Waals surface area (Å²) in [5.74, 6) is 0. The molecule has 2 aromatic rings. The summed E-state index contributed by atoms with van der Waals surface area (Å²) >= 11 is 0. The van der Waals surface area contributed by atoms with Gasteiger partial charge >= 0.3 is 0 Å². The third kappa shape index (κ3) is 4.13. The molecule has 0 fully saturated rings. The molecule has 26 heavy (non-hydrogen) atoms. The highest BCUT2D eigenvalue weighted by atomic mass is 32.2. The lowest BCUT2D eigenvalue weighted by Gasteiger charge is -2.13. The van der Waals surface area contributed by atoms with Crippen molar-refractivity contribution < 1.29 is 23.4 Å². The lowest BCUT2D eigenvalue weighted by atomic mass is 10.1. The van der Waals surface area contributed by atoms with Crippen LogP contribution in [0.4, 0.5) is 17.1 Å². The number of nitrogens with zero attached hydrogens (tertiary/aromatic N) is 2. The summed E-state index contributed by atoms with van der Waals surface area (Å²) in [6, 6.07) is 7.45. The van der Waals surface area contributed by atoms with E-state index in [1.165, 1.54) is 12.1 Å². The van der Waals surface area contributed by atoms with Crippen LogP contribution in [0.25, 0.3) is 0 Å². The van der Waals surface area contributed by atoms with Gasteiger partial charge in [-0.25, -0.2) is 8.42 Å². The van der Waals surface area contributed by atoms with Gasteiger partial charge in [0.15, 0.2) is 0 Å². The minimum absolute atomic E-state index is 0.104. The van der Waals surface area contributed by atoms with Gasteiger partial charge in [0.2, 0.25) is 0 Å². The smallest absolute Gasteiger partial charge is 0.281 e. The molecule has 0 aliphatic heterocycles. The number of nitro benzene ring substituents is 2. The standard InChI is InChI=1S/C15H15N3O7S/c1-10-2-4-12(5-3-10)26(24,25)16-14-8-11(17(20)21)9-15(18(22)23)13(14)6-7-19/h2-5,8-9,16,19H,6-7H2,1H3. The highest BCUT2D eigenvalue weighted by Gasteiger charge is 2.26. The van der Waals surface area contributed by atoms with Gasteiger partial charge in [-0.15, -0.1) is 0 Å². The second kappa shape index (κ2) is 7.45. The van der Waals surface area contributed by atoms with Crippen molar-refractivity contribution in [1.82, 2.24) is 0 Å². The van der Waals surface area contributed by atoms with Crippen LogP contribution in [0, 0.1) is 27.2 Å². The predicted octanol–water partition coefficient (Wildman–Crippen LogP) is 2.15. The van der Waals surface area contributed by atoms with Crippen LogP contribution in [0.15, 0.2) is 41.3 Å². The van der Waals surface area contributed by atoms with Crippen LogP contribution < -0.4 is 4.72 Å². The number of hydrogen-bond donors (Lipinski definition) is 2. The molecule has 0 unspecified atom stereocenters. The number of benzene rings is 2. The van der Waals surface area contributed by atoms with Crippen LogP contribution in [-0.4, -0.2) is 30.0 Å². The Morgan fingerprint density at radius 3 is 2.19 bits per heavy atom. The highest BCUT2D eigenvalue weighted by molar-refractivity contribution is 7.92. The van der Waals surface area contributed by atoms with E-state index in [0.29, 0.717) is 0 Å². The quantitative estimate of drug-likeness (QED) is 0.550. The lowest BCUT2D eigenvalue weighted by molar-refractivity contribution is -0.394. The molecule has 2 N–H and O–H groups in total. The average molecular weight is 381 g/mol. The van der Waals surface area contributed by atoms with Gasteiger partial charge < -0.3 is 5.11 Å². The van der Waals surface area contributed by atoms with Crippen molar-refractivity contribution in [3.8, 4) is 0 Å². The molecule has 2 rings (SSSR count). The van der Waals surface area contributed by atoms with Gasteiger partial charge in [-0.05, 0) is 19.1 Å². The molecule has 10 nitrogen and oxygen atoms in total. The summed E-state index contributed by atoms with van der Waals surface area (Å²) in [6.07, 6.45) is -0.250. The normalized spacial score (nSPS) is 11.2. The van der Waals surface area contributed by atoms with E-state index >= 15 is 0 Å². The first-order valence-electron chi connectivity index (χ1n) is 7.31. The van der Waals surface area contributed by atoms with E-state index in [2.05, 4.69) is 4.72 Å². The summed E-state index contributed by atoms with van der Waals surface area (Å²) in [6.45, 7) is 1.27. The molecule has 0 saturated carbocycles. The molecule has 2 aromatic carbocycles. The fourth-order valence-electron chi connectivity index (χ4n) is 2.30. The van der Waals surface area contributed by atoms with Crippen LogP contribution in [-0.2, 0) is 16.4 Å². The molecule has 0 aliphatic rings. The Bertz CT molecular complexity index is 956. The summed E-state index contributed by atoms with van der Waals surface area (Å²) < 4.78 is 27.2. The zero-order chi connectivity index (χ0) is 19.5. The van der Waals surface area contributed by atoms with Crippen molar-refractivity contribution in [3.05, 3.63) is 67.8 Å². The number of rotatable bonds is 7. The third-order valence-electron chi connectivity index (χ3n) is 3.56. The number of nitro groups is 2. The van der Waals surface area contributed by atoms with E-state index in [9.17, 15) is 28.6 Å². The lowest BCUT2D eigenvalue weighted by Crippen LogP contribution is -2.15. The van der Waals surface area contributed by atoms with Crippen LogP contribution in [0.5, 0.6) is 0 Å². The second-order valence-corrected chi connectivity index (χ2v) is 7.08. The largest absolute Gasteiger partial charge is 0.396 e. The predicted molar refractivity (Wildman–Crippen MR) is 92.5 cm³/mol. The van der Waals surface area contributed by atoms with Crippen molar-refractivity contribution in [2.45, 2.75) is 18.2 Å². The zero-order valence-corrected chi connectivity index (χ0v) is 14.4. The Balaban J connectivity index is 2.60. The van der Waals surface area contributed by atoms with Crippen LogP contribution in [0.3, 0.4) is 0 Å². The Labute approximate surface area is 148 Å². The second-order valence-electron chi connectivity index (χ2n) is 5.40. The van der Waals surface area contributed by atoms with E-state index in [4.69, 9.17) is 5.11 Å². The molecule has 0 bridgehead atoms. The minimum Gasteiger partial charge on any atom is -0.396 e. The molecular weight excluding hydrogens is 366 g/mol. The number of non-ortho nitro benzene ring substituents is 1. The minimum atomic E-state index is -4.13. The molecule has 0 aromatic heterocycles. The number of aliphatic hydroxyl groups is 1. The molecule has 0 saturated heterocycles. The monoisotopic (exact) mass is 381 g/mol. The van der Waals surface area contributed by atoms with Crippen molar-refractivity contribution in [3.63, 3.8) is 0 Å². The number of anilines is 1. The fraction of sp³-hybridized carbons (Fsp3) is 0.200. The first kappa shape index (κ1) is 19.3. The number of aryl methyl sites for hydroxylation is 1. The van der Waals surface area contributed by atoms with Gasteiger partial charge in [0.05, 0.1) is 32.1 Å².